The van der Waals surface area contributed by atoms with Gasteiger partial charge >= 0.3 is 5.97 Å². The molecule has 0 aromatic carbocycles. The van der Waals surface area contributed by atoms with Gasteiger partial charge in [0, 0.05) is 0 Å². The summed E-state index contributed by atoms with van der Waals surface area (Å²) in [6.45, 7) is 16.2. The number of hydrogen-bond donors (Lipinski definition) is 0. The summed E-state index contributed by atoms with van der Waals surface area (Å²) in [5.41, 5.74) is 0.120. The summed E-state index contributed by atoms with van der Waals surface area (Å²) in [6, 6.07) is 0. The molecule has 3 aliphatic carbocycles. The van der Waals surface area contributed by atoms with Gasteiger partial charge in [0.2, 0.25) is 0 Å². The Morgan fingerprint density at radius 2 is 1.86 bits per heavy atom. The molecule has 4 unspecified atom stereocenters. The lowest BCUT2D eigenvalue weighted by atomic mass is 9.46. The minimum Gasteiger partial charge on any atom is -0.465 e. The van der Waals surface area contributed by atoms with Gasteiger partial charge < -0.3 is 4.74 Å². The van der Waals surface area contributed by atoms with E-state index in [0.29, 0.717) is 29.8 Å². The van der Waals surface area contributed by atoms with Crippen molar-refractivity contribution in [3.05, 3.63) is 0 Å². The SMILES string of the molecule is CC(C)CC(C)(C(=O)OCC1CCC2CC1C2(C)C)C(C)C. The number of ether oxygens (including phenoxy) is 1. The fourth-order valence-corrected chi connectivity index (χ4v) is 4.91. The molecule has 0 aromatic heterocycles. The number of carbonyl (C=O) groups excluding carboxylic acids is 1. The van der Waals surface area contributed by atoms with Gasteiger partial charge in [-0.1, -0.05) is 41.5 Å². The molecule has 3 aliphatic rings. The summed E-state index contributed by atoms with van der Waals surface area (Å²) in [4.78, 5) is 12.7. The van der Waals surface area contributed by atoms with E-state index in [9.17, 15) is 4.79 Å². The van der Waals surface area contributed by atoms with Crippen LogP contribution in [-0.4, -0.2) is 12.6 Å². The van der Waals surface area contributed by atoms with Crippen LogP contribution >= 0.6 is 0 Å². The van der Waals surface area contributed by atoms with E-state index in [4.69, 9.17) is 4.74 Å². The third kappa shape index (κ3) is 3.08. The molecule has 128 valence electrons. The lowest BCUT2D eigenvalue weighted by Crippen LogP contribution is -2.53. The van der Waals surface area contributed by atoms with Crippen molar-refractivity contribution >= 4 is 5.97 Å². The molecule has 2 bridgehead atoms. The van der Waals surface area contributed by atoms with Crippen LogP contribution in [0.2, 0.25) is 0 Å². The maximum atomic E-state index is 12.7. The Balaban J connectivity index is 1.94. The monoisotopic (exact) mass is 308 g/mol. The van der Waals surface area contributed by atoms with Crippen molar-refractivity contribution < 1.29 is 9.53 Å². The van der Waals surface area contributed by atoms with Gasteiger partial charge in [0.1, 0.15) is 0 Å². The molecular weight excluding hydrogens is 272 g/mol. The Morgan fingerprint density at radius 1 is 1.23 bits per heavy atom. The number of esters is 1. The van der Waals surface area contributed by atoms with E-state index in [1.165, 1.54) is 19.3 Å². The molecule has 22 heavy (non-hydrogen) atoms. The fourth-order valence-electron chi connectivity index (χ4n) is 4.91. The van der Waals surface area contributed by atoms with E-state index >= 15 is 0 Å². The van der Waals surface area contributed by atoms with E-state index in [0.717, 1.165) is 18.3 Å². The van der Waals surface area contributed by atoms with E-state index in [2.05, 4.69) is 48.5 Å². The minimum atomic E-state index is -0.347. The zero-order valence-corrected chi connectivity index (χ0v) is 15.7. The van der Waals surface area contributed by atoms with Crippen LogP contribution in [-0.2, 0) is 9.53 Å². The molecule has 0 radical (unpaired) electrons. The molecule has 3 saturated carbocycles. The van der Waals surface area contributed by atoms with Gasteiger partial charge in [0.15, 0.2) is 0 Å². The lowest BCUT2D eigenvalue weighted by Gasteiger charge is -2.60. The molecule has 4 atom stereocenters. The first-order valence-corrected chi connectivity index (χ1v) is 9.26. The van der Waals surface area contributed by atoms with Crippen LogP contribution in [0.1, 0.15) is 74.1 Å². The highest BCUT2D eigenvalue weighted by molar-refractivity contribution is 5.76. The second-order valence-corrected chi connectivity index (χ2v) is 9.47. The Hall–Kier alpha value is -0.530. The Bertz CT molecular complexity index is 408. The van der Waals surface area contributed by atoms with Crippen LogP contribution in [0.4, 0.5) is 0 Å². The molecule has 0 aromatic rings. The number of carbonyl (C=O) groups is 1. The van der Waals surface area contributed by atoms with Gasteiger partial charge in [0.05, 0.1) is 12.0 Å². The van der Waals surface area contributed by atoms with Crippen molar-refractivity contribution in [1.29, 1.82) is 0 Å². The summed E-state index contributed by atoms with van der Waals surface area (Å²) in [7, 11) is 0. The summed E-state index contributed by atoms with van der Waals surface area (Å²) in [5.74, 6) is 3.11. The Labute approximate surface area is 137 Å². The summed E-state index contributed by atoms with van der Waals surface area (Å²) in [5, 5.41) is 0. The third-order valence-electron chi connectivity index (χ3n) is 7.00. The first-order chi connectivity index (χ1) is 10.1. The van der Waals surface area contributed by atoms with Crippen molar-refractivity contribution in [3.8, 4) is 0 Å². The number of hydrogen-bond acceptors (Lipinski definition) is 2. The smallest absolute Gasteiger partial charge is 0.312 e. The average molecular weight is 309 g/mol. The summed E-state index contributed by atoms with van der Waals surface area (Å²) in [6.07, 6.45) is 4.82. The molecule has 0 aliphatic heterocycles. The topological polar surface area (TPSA) is 26.3 Å². The zero-order valence-electron chi connectivity index (χ0n) is 15.7. The zero-order chi connectivity index (χ0) is 16.7. The van der Waals surface area contributed by atoms with Gasteiger partial charge in [0.25, 0.3) is 0 Å². The normalized spacial score (nSPS) is 32.5. The van der Waals surface area contributed by atoms with Crippen LogP contribution < -0.4 is 0 Å². The highest BCUT2D eigenvalue weighted by Crippen LogP contribution is 2.61. The Kier molecular flexibility index (Phi) is 5.00. The van der Waals surface area contributed by atoms with Crippen molar-refractivity contribution in [2.75, 3.05) is 6.61 Å². The largest absolute Gasteiger partial charge is 0.465 e. The van der Waals surface area contributed by atoms with Crippen molar-refractivity contribution in [1.82, 2.24) is 0 Å². The van der Waals surface area contributed by atoms with Gasteiger partial charge in [-0.15, -0.1) is 0 Å². The predicted molar refractivity (Wildman–Crippen MR) is 91.5 cm³/mol. The van der Waals surface area contributed by atoms with E-state index in [1.54, 1.807) is 0 Å². The van der Waals surface area contributed by atoms with Gasteiger partial charge in [-0.2, -0.15) is 0 Å². The molecule has 0 spiro atoms. The highest BCUT2D eigenvalue weighted by Gasteiger charge is 2.54. The van der Waals surface area contributed by atoms with Crippen molar-refractivity contribution in [3.63, 3.8) is 0 Å². The maximum Gasteiger partial charge on any atom is 0.312 e. The highest BCUT2D eigenvalue weighted by atomic mass is 16.5. The predicted octanol–water partition coefficient (Wildman–Crippen LogP) is 5.31. The molecule has 0 saturated heterocycles. The molecule has 0 N–H and O–H groups in total. The van der Waals surface area contributed by atoms with Gasteiger partial charge in [-0.3, -0.25) is 4.79 Å². The second kappa shape index (κ2) is 6.17. The van der Waals surface area contributed by atoms with E-state index in [1.807, 2.05) is 0 Å². The first-order valence-electron chi connectivity index (χ1n) is 9.26. The molecule has 0 heterocycles. The van der Waals surface area contributed by atoms with Crippen molar-refractivity contribution in [2.45, 2.75) is 74.1 Å². The molecule has 3 fully saturated rings. The third-order valence-corrected chi connectivity index (χ3v) is 7.00. The average Bonchev–Trinajstić information content (AvgIpc) is 2.43. The number of rotatable bonds is 6. The standard InChI is InChI=1S/C20H36O2/c1-13(2)11-20(7,14(3)4)18(21)22-12-15-8-9-16-10-17(15)19(16,5)6/h13-17H,8-12H2,1-7H3. The molecular formula is C20H36O2. The second-order valence-electron chi connectivity index (χ2n) is 9.47. The van der Waals surface area contributed by atoms with Gasteiger partial charge in [-0.05, 0) is 67.6 Å². The van der Waals surface area contributed by atoms with Crippen LogP contribution in [0.15, 0.2) is 0 Å². The minimum absolute atomic E-state index is 0.0236. The fraction of sp³-hybridized carbons (Fsp3) is 0.950. The van der Waals surface area contributed by atoms with Crippen LogP contribution in [0, 0.1) is 40.4 Å². The van der Waals surface area contributed by atoms with Crippen molar-refractivity contribution in [2.24, 2.45) is 40.4 Å². The molecule has 2 nitrogen and oxygen atoms in total. The summed E-state index contributed by atoms with van der Waals surface area (Å²) >= 11 is 0. The quantitative estimate of drug-likeness (QED) is 0.621. The van der Waals surface area contributed by atoms with Crippen LogP contribution in [0.3, 0.4) is 0 Å². The van der Waals surface area contributed by atoms with Crippen LogP contribution in [0.25, 0.3) is 0 Å². The summed E-state index contributed by atoms with van der Waals surface area (Å²) < 4.78 is 5.86. The van der Waals surface area contributed by atoms with Crippen LogP contribution in [0.5, 0.6) is 0 Å². The molecule has 2 heteroatoms. The Morgan fingerprint density at radius 3 is 2.32 bits per heavy atom. The van der Waals surface area contributed by atoms with Gasteiger partial charge in [-0.25, -0.2) is 0 Å². The molecule has 3 rings (SSSR count). The maximum absolute atomic E-state index is 12.7. The molecule has 0 amide bonds. The lowest BCUT2D eigenvalue weighted by molar-refractivity contribution is -0.169. The van der Waals surface area contributed by atoms with E-state index < -0.39 is 0 Å². The number of fused-ring (bicyclic) bond motifs is 2. The van der Waals surface area contributed by atoms with E-state index in [-0.39, 0.29) is 11.4 Å². The first kappa shape index (κ1) is 17.8.